The molecule has 1 aliphatic rings. The minimum Gasteiger partial charge on any atom is -0.493 e. The van der Waals surface area contributed by atoms with Crippen LogP contribution in [0.1, 0.15) is 29.7 Å². The van der Waals surface area contributed by atoms with E-state index in [0.29, 0.717) is 30.3 Å². The number of ether oxygens (including phenoxy) is 2. The van der Waals surface area contributed by atoms with Gasteiger partial charge in [0.2, 0.25) is 0 Å². The molecule has 0 bridgehead atoms. The van der Waals surface area contributed by atoms with Gasteiger partial charge in [-0.3, -0.25) is 4.90 Å². The van der Waals surface area contributed by atoms with Crippen LogP contribution in [-0.4, -0.2) is 39.4 Å². The van der Waals surface area contributed by atoms with Crippen LogP contribution in [-0.2, 0) is 0 Å². The number of urea groups is 2. The van der Waals surface area contributed by atoms with E-state index in [1.165, 1.54) is 0 Å². The lowest BCUT2D eigenvalue weighted by molar-refractivity contribution is 0.249. The van der Waals surface area contributed by atoms with Gasteiger partial charge in [0.1, 0.15) is 0 Å². The van der Waals surface area contributed by atoms with Crippen LogP contribution in [0.4, 0.5) is 21.0 Å². The van der Waals surface area contributed by atoms with Crippen molar-refractivity contribution in [1.82, 2.24) is 10.6 Å². The minimum atomic E-state index is -0.331. The predicted molar refractivity (Wildman–Crippen MR) is 117 cm³/mol. The number of nitrogens with zero attached hydrogens (tertiary/aromatic N) is 1. The number of benzene rings is 2. The highest BCUT2D eigenvalue weighted by Gasteiger charge is 2.24. The molecule has 1 heterocycles. The van der Waals surface area contributed by atoms with Crippen molar-refractivity contribution < 1.29 is 19.1 Å². The van der Waals surface area contributed by atoms with Crippen molar-refractivity contribution in [3.63, 3.8) is 0 Å². The minimum absolute atomic E-state index is 0.128. The molecular formula is C22H28N4O4. The van der Waals surface area contributed by atoms with Crippen LogP contribution in [0.2, 0.25) is 0 Å². The molecule has 3 N–H and O–H groups in total. The lowest BCUT2D eigenvalue weighted by Gasteiger charge is -2.22. The number of anilines is 2. The van der Waals surface area contributed by atoms with Crippen molar-refractivity contribution in [3.05, 3.63) is 47.0 Å². The third-order valence-electron chi connectivity index (χ3n) is 5.35. The Kier molecular flexibility index (Phi) is 6.34. The molecule has 1 unspecified atom stereocenters. The Morgan fingerprint density at radius 3 is 2.53 bits per heavy atom. The van der Waals surface area contributed by atoms with Crippen LogP contribution in [0.15, 0.2) is 30.3 Å². The lowest BCUT2D eigenvalue weighted by atomic mass is 10.0. The predicted octanol–water partition coefficient (Wildman–Crippen LogP) is 3.73. The summed E-state index contributed by atoms with van der Waals surface area (Å²) in [5, 5.41) is 8.65. The first-order valence-electron chi connectivity index (χ1n) is 9.81. The molecule has 0 aliphatic carbocycles. The maximum absolute atomic E-state index is 12.7. The molecule has 4 amide bonds. The van der Waals surface area contributed by atoms with Crippen molar-refractivity contribution in [2.75, 3.05) is 37.5 Å². The highest BCUT2D eigenvalue weighted by atomic mass is 16.5. The molecule has 0 aromatic heterocycles. The monoisotopic (exact) mass is 412 g/mol. The van der Waals surface area contributed by atoms with Crippen LogP contribution < -0.4 is 30.3 Å². The Morgan fingerprint density at radius 2 is 1.90 bits per heavy atom. The Balaban J connectivity index is 1.74. The summed E-state index contributed by atoms with van der Waals surface area (Å²) in [6.07, 6.45) is 0. The van der Waals surface area contributed by atoms with Gasteiger partial charge in [-0.05, 0) is 50.1 Å². The van der Waals surface area contributed by atoms with E-state index < -0.39 is 0 Å². The maximum atomic E-state index is 12.7. The number of amides is 4. The fraction of sp³-hybridized carbons (Fsp3) is 0.364. The number of carbonyl (C=O) groups is 2. The van der Waals surface area contributed by atoms with E-state index in [-0.39, 0.29) is 18.1 Å². The fourth-order valence-corrected chi connectivity index (χ4v) is 3.75. The summed E-state index contributed by atoms with van der Waals surface area (Å²) in [5.41, 5.74) is 4.11. The summed E-state index contributed by atoms with van der Waals surface area (Å²) in [7, 11) is 3.18. The van der Waals surface area contributed by atoms with Crippen molar-refractivity contribution in [2.45, 2.75) is 26.8 Å². The molecule has 8 heteroatoms. The molecule has 160 valence electrons. The number of hydrogen-bond acceptors (Lipinski definition) is 4. The second-order valence-corrected chi connectivity index (χ2v) is 7.17. The Hall–Kier alpha value is -3.42. The number of methoxy groups -OCH3 is 2. The van der Waals surface area contributed by atoms with E-state index >= 15 is 0 Å². The molecule has 1 fully saturated rings. The van der Waals surface area contributed by atoms with Crippen LogP contribution in [0.5, 0.6) is 11.5 Å². The van der Waals surface area contributed by atoms with Gasteiger partial charge in [-0.15, -0.1) is 0 Å². The largest absolute Gasteiger partial charge is 0.493 e. The Labute approximate surface area is 176 Å². The highest BCUT2D eigenvalue weighted by Crippen LogP contribution is 2.35. The highest BCUT2D eigenvalue weighted by molar-refractivity contribution is 5.97. The Morgan fingerprint density at radius 1 is 1.13 bits per heavy atom. The first-order valence-corrected chi connectivity index (χ1v) is 9.81. The fourth-order valence-electron chi connectivity index (χ4n) is 3.75. The average Bonchev–Trinajstić information content (AvgIpc) is 3.14. The maximum Gasteiger partial charge on any atom is 0.322 e. The zero-order valence-electron chi connectivity index (χ0n) is 18.0. The summed E-state index contributed by atoms with van der Waals surface area (Å²) in [6, 6.07) is 8.55. The zero-order valence-corrected chi connectivity index (χ0v) is 18.0. The number of nitrogens with one attached hydrogen (secondary N) is 3. The van der Waals surface area contributed by atoms with E-state index in [0.717, 1.165) is 22.4 Å². The molecular weight excluding hydrogens is 384 g/mol. The van der Waals surface area contributed by atoms with Gasteiger partial charge >= 0.3 is 12.1 Å². The summed E-state index contributed by atoms with van der Waals surface area (Å²) >= 11 is 0. The van der Waals surface area contributed by atoms with E-state index in [4.69, 9.17) is 9.47 Å². The smallest absolute Gasteiger partial charge is 0.322 e. The summed E-state index contributed by atoms with van der Waals surface area (Å²) < 4.78 is 10.8. The van der Waals surface area contributed by atoms with Crippen LogP contribution in [0.3, 0.4) is 0 Å². The third kappa shape index (κ3) is 4.12. The quantitative estimate of drug-likeness (QED) is 0.674. The number of rotatable bonds is 6. The van der Waals surface area contributed by atoms with E-state index in [2.05, 4.69) is 16.0 Å². The van der Waals surface area contributed by atoms with Gasteiger partial charge < -0.3 is 25.4 Å². The van der Waals surface area contributed by atoms with Gasteiger partial charge in [-0.1, -0.05) is 12.1 Å². The van der Waals surface area contributed by atoms with Crippen LogP contribution in [0, 0.1) is 13.8 Å². The van der Waals surface area contributed by atoms with Crippen molar-refractivity contribution >= 4 is 23.4 Å². The molecule has 8 nitrogen and oxygen atoms in total. The second kappa shape index (κ2) is 8.94. The van der Waals surface area contributed by atoms with E-state index in [9.17, 15) is 9.59 Å². The van der Waals surface area contributed by atoms with E-state index in [1.54, 1.807) is 19.1 Å². The van der Waals surface area contributed by atoms with Crippen molar-refractivity contribution in [2.24, 2.45) is 0 Å². The van der Waals surface area contributed by atoms with E-state index in [1.807, 2.05) is 51.1 Å². The normalized spacial score (nSPS) is 14.2. The molecule has 30 heavy (non-hydrogen) atoms. The molecule has 1 aliphatic heterocycles. The standard InChI is InChI=1S/C22H28N4O4/c1-13-16(9-10-19(29-4)20(13)30-5)15(3)24-21(27)25-17-7-6-8-18(14(17)2)26-12-11-23-22(26)28/h6-10,15H,11-12H2,1-5H3,(H,23,28)(H2,24,25,27). The average molecular weight is 412 g/mol. The van der Waals surface area contributed by atoms with Gasteiger partial charge in [0.05, 0.1) is 25.9 Å². The Bertz CT molecular complexity index is 960. The van der Waals surface area contributed by atoms with Crippen LogP contribution in [0.25, 0.3) is 0 Å². The molecule has 2 aromatic rings. The molecule has 0 saturated carbocycles. The molecule has 1 atom stereocenters. The number of hydrogen-bond donors (Lipinski definition) is 3. The van der Waals surface area contributed by atoms with Crippen molar-refractivity contribution in [1.29, 1.82) is 0 Å². The lowest BCUT2D eigenvalue weighted by Crippen LogP contribution is -2.32. The van der Waals surface area contributed by atoms with Crippen LogP contribution >= 0.6 is 0 Å². The van der Waals surface area contributed by atoms with Gasteiger partial charge in [0.25, 0.3) is 0 Å². The molecule has 0 spiro atoms. The topological polar surface area (TPSA) is 91.9 Å². The van der Waals surface area contributed by atoms with Gasteiger partial charge in [0.15, 0.2) is 11.5 Å². The molecule has 2 aromatic carbocycles. The van der Waals surface area contributed by atoms with Gasteiger partial charge in [-0.25, -0.2) is 9.59 Å². The molecule has 0 radical (unpaired) electrons. The summed E-state index contributed by atoms with van der Waals surface area (Å²) in [5.74, 6) is 1.30. The van der Waals surface area contributed by atoms with Crippen molar-refractivity contribution in [3.8, 4) is 11.5 Å². The SMILES string of the molecule is COc1ccc(C(C)NC(=O)Nc2cccc(N3CCNC3=O)c2C)c(C)c1OC. The second-order valence-electron chi connectivity index (χ2n) is 7.17. The number of carbonyl (C=O) groups excluding carboxylic acids is 2. The van der Waals surface area contributed by atoms with Gasteiger partial charge in [0, 0.05) is 24.3 Å². The first-order chi connectivity index (χ1) is 14.4. The molecule has 1 saturated heterocycles. The first kappa shape index (κ1) is 21.3. The van der Waals surface area contributed by atoms with Gasteiger partial charge in [-0.2, -0.15) is 0 Å². The summed E-state index contributed by atoms with van der Waals surface area (Å²) in [6.45, 7) is 6.94. The third-order valence-corrected chi connectivity index (χ3v) is 5.35. The molecule has 3 rings (SSSR count). The summed E-state index contributed by atoms with van der Waals surface area (Å²) in [4.78, 5) is 26.3. The zero-order chi connectivity index (χ0) is 21.8.